The predicted octanol–water partition coefficient (Wildman–Crippen LogP) is 1.93. The summed E-state index contributed by atoms with van der Waals surface area (Å²) in [5.74, 6) is 0.174. The largest absolute Gasteiger partial charge is 0.367 e. The van der Waals surface area contributed by atoms with Crippen molar-refractivity contribution < 1.29 is 9.53 Å². The second kappa shape index (κ2) is 7.25. The lowest BCUT2D eigenvalue weighted by molar-refractivity contribution is -0.140. The van der Waals surface area contributed by atoms with Gasteiger partial charge in [-0.05, 0) is 45.4 Å². The van der Waals surface area contributed by atoms with Crippen LogP contribution in [0.4, 0.5) is 0 Å². The van der Waals surface area contributed by atoms with Crippen LogP contribution in [0.3, 0.4) is 0 Å². The second-order valence-electron chi connectivity index (χ2n) is 5.95. The van der Waals surface area contributed by atoms with Gasteiger partial charge in [0, 0.05) is 25.2 Å². The highest BCUT2D eigenvalue weighted by molar-refractivity contribution is 5.77. The van der Waals surface area contributed by atoms with Gasteiger partial charge in [-0.3, -0.25) is 4.79 Å². The Balaban J connectivity index is 1.75. The van der Waals surface area contributed by atoms with Gasteiger partial charge in [0.05, 0.1) is 6.10 Å². The number of nitrogens with zero attached hydrogens (tertiary/aromatic N) is 1. The summed E-state index contributed by atoms with van der Waals surface area (Å²) in [6.07, 6.45) is 7.02. The van der Waals surface area contributed by atoms with Crippen LogP contribution in [-0.2, 0) is 9.53 Å². The number of hydrogen-bond donors (Lipinski definition) is 1. The zero-order valence-electron chi connectivity index (χ0n) is 12.4. The molecule has 2 aliphatic rings. The van der Waals surface area contributed by atoms with Gasteiger partial charge < -0.3 is 15.0 Å². The van der Waals surface area contributed by atoms with Crippen LogP contribution in [0.5, 0.6) is 0 Å². The van der Waals surface area contributed by atoms with E-state index in [4.69, 9.17) is 4.74 Å². The first-order chi connectivity index (χ1) is 9.20. The fraction of sp³-hybridized carbons (Fsp3) is 0.933. The molecule has 0 aromatic rings. The highest BCUT2D eigenvalue weighted by Crippen LogP contribution is 2.19. The first-order valence-corrected chi connectivity index (χ1v) is 7.86. The predicted molar refractivity (Wildman–Crippen MR) is 76.1 cm³/mol. The molecule has 1 amide bonds. The monoisotopic (exact) mass is 268 g/mol. The zero-order valence-corrected chi connectivity index (χ0v) is 12.4. The molecule has 3 atom stereocenters. The Morgan fingerprint density at radius 3 is 2.68 bits per heavy atom. The lowest BCUT2D eigenvalue weighted by Gasteiger charge is -2.36. The van der Waals surface area contributed by atoms with Gasteiger partial charge in [-0.1, -0.05) is 6.92 Å². The first-order valence-electron chi connectivity index (χ1n) is 7.86. The summed E-state index contributed by atoms with van der Waals surface area (Å²) < 4.78 is 5.90. The topological polar surface area (TPSA) is 41.6 Å². The third kappa shape index (κ3) is 4.18. The second-order valence-corrected chi connectivity index (χ2v) is 5.95. The van der Waals surface area contributed by atoms with Gasteiger partial charge in [-0.15, -0.1) is 0 Å². The Hall–Kier alpha value is -0.610. The number of carbonyl (C=O) groups excluding carboxylic acids is 1. The summed E-state index contributed by atoms with van der Waals surface area (Å²) in [6.45, 7) is 6.49. The van der Waals surface area contributed by atoms with E-state index >= 15 is 0 Å². The number of amides is 1. The third-order valence-corrected chi connectivity index (χ3v) is 4.40. The van der Waals surface area contributed by atoms with Crippen molar-refractivity contribution >= 4 is 5.91 Å². The SMILES string of the molecule is CCC1NC(C)CCC1OCC(=O)N1CCCCC1. The Bertz CT molecular complexity index is 290. The number of hydrogen-bond acceptors (Lipinski definition) is 3. The molecule has 2 saturated heterocycles. The quantitative estimate of drug-likeness (QED) is 0.847. The third-order valence-electron chi connectivity index (χ3n) is 4.40. The molecule has 0 radical (unpaired) electrons. The van der Waals surface area contributed by atoms with Crippen molar-refractivity contribution in [2.24, 2.45) is 0 Å². The Morgan fingerprint density at radius 2 is 2.00 bits per heavy atom. The molecule has 0 spiro atoms. The van der Waals surface area contributed by atoms with E-state index in [-0.39, 0.29) is 18.6 Å². The van der Waals surface area contributed by atoms with Crippen LogP contribution in [0, 0.1) is 0 Å². The Morgan fingerprint density at radius 1 is 1.26 bits per heavy atom. The van der Waals surface area contributed by atoms with Crippen molar-refractivity contribution in [2.75, 3.05) is 19.7 Å². The van der Waals surface area contributed by atoms with Gasteiger partial charge in [-0.25, -0.2) is 0 Å². The number of piperidine rings is 2. The molecule has 2 heterocycles. The molecule has 1 N–H and O–H groups in total. The molecule has 2 aliphatic heterocycles. The molecule has 0 aliphatic carbocycles. The van der Waals surface area contributed by atoms with E-state index in [0.29, 0.717) is 12.1 Å². The van der Waals surface area contributed by atoms with Crippen molar-refractivity contribution in [2.45, 2.75) is 70.6 Å². The number of rotatable bonds is 4. The highest BCUT2D eigenvalue weighted by atomic mass is 16.5. The molecular formula is C15H28N2O2. The summed E-state index contributed by atoms with van der Waals surface area (Å²) >= 11 is 0. The lowest BCUT2D eigenvalue weighted by atomic mass is 9.95. The normalized spacial score (nSPS) is 32.3. The maximum Gasteiger partial charge on any atom is 0.248 e. The van der Waals surface area contributed by atoms with Crippen molar-refractivity contribution in [3.63, 3.8) is 0 Å². The van der Waals surface area contributed by atoms with Crippen molar-refractivity contribution in [3.05, 3.63) is 0 Å². The number of likely N-dealkylation sites (tertiary alicyclic amines) is 1. The van der Waals surface area contributed by atoms with E-state index in [1.165, 1.54) is 6.42 Å². The zero-order chi connectivity index (χ0) is 13.7. The molecule has 0 aromatic heterocycles. The van der Waals surface area contributed by atoms with E-state index < -0.39 is 0 Å². The van der Waals surface area contributed by atoms with Crippen LogP contribution in [0.25, 0.3) is 0 Å². The summed E-state index contributed by atoms with van der Waals surface area (Å²) in [5, 5.41) is 3.57. The fourth-order valence-corrected chi connectivity index (χ4v) is 3.16. The molecule has 3 unspecified atom stereocenters. The van der Waals surface area contributed by atoms with Crippen molar-refractivity contribution in [3.8, 4) is 0 Å². The van der Waals surface area contributed by atoms with Crippen LogP contribution in [0.1, 0.15) is 52.4 Å². The highest BCUT2D eigenvalue weighted by Gasteiger charge is 2.28. The Kier molecular flexibility index (Phi) is 5.64. The maximum absolute atomic E-state index is 12.1. The summed E-state index contributed by atoms with van der Waals surface area (Å²) in [4.78, 5) is 14.0. The van der Waals surface area contributed by atoms with Gasteiger partial charge in [0.15, 0.2) is 0 Å². The summed E-state index contributed by atoms with van der Waals surface area (Å²) in [6, 6.07) is 0.973. The molecule has 2 fully saturated rings. The van der Waals surface area contributed by atoms with Gasteiger partial charge in [0.25, 0.3) is 0 Å². The van der Waals surface area contributed by atoms with Gasteiger partial charge in [0.1, 0.15) is 6.61 Å². The minimum Gasteiger partial charge on any atom is -0.367 e. The van der Waals surface area contributed by atoms with E-state index in [1.807, 2.05) is 4.90 Å². The van der Waals surface area contributed by atoms with E-state index in [1.54, 1.807) is 0 Å². The van der Waals surface area contributed by atoms with E-state index in [0.717, 1.165) is 45.2 Å². The standard InChI is InChI=1S/C15H28N2O2/c1-3-13-14(8-7-12(2)16-13)19-11-15(18)17-9-5-4-6-10-17/h12-14,16H,3-11H2,1-2H3. The van der Waals surface area contributed by atoms with E-state index in [9.17, 15) is 4.79 Å². The number of ether oxygens (including phenoxy) is 1. The molecule has 19 heavy (non-hydrogen) atoms. The Labute approximate surface area is 116 Å². The van der Waals surface area contributed by atoms with Crippen LogP contribution in [0.15, 0.2) is 0 Å². The summed E-state index contributed by atoms with van der Waals surface area (Å²) in [7, 11) is 0. The van der Waals surface area contributed by atoms with Crippen LogP contribution in [0.2, 0.25) is 0 Å². The van der Waals surface area contributed by atoms with Crippen LogP contribution in [-0.4, -0.2) is 48.7 Å². The average molecular weight is 268 g/mol. The molecule has 0 aromatic carbocycles. The van der Waals surface area contributed by atoms with Crippen molar-refractivity contribution in [1.29, 1.82) is 0 Å². The minimum atomic E-state index is 0.174. The van der Waals surface area contributed by atoms with Gasteiger partial charge in [-0.2, -0.15) is 0 Å². The molecular weight excluding hydrogens is 240 g/mol. The molecule has 0 saturated carbocycles. The van der Waals surface area contributed by atoms with Gasteiger partial charge >= 0.3 is 0 Å². The lowest BCUT2D eigenvalue weighted by Crippen LogP contribution is -2.50. The maximum atomic E-state index is 12.1. The molecule has 4 nitrogen and oxygen atoms in total. The van der Waals surface area contributed by atoms with Crippen LogP contribution >= 0.6 is 0 Å². The average Bonchev–Trinajstić information content (AvgIpc) is 2.46. The summed E-state index contributed by atoms with van der Waals surface area (Å²) in [5.41, 5.74) is 0. The number of nitrogens with one attached hydrogen (secondary N) is 1. The molecule has 0 bridgehead atoms. The van der Waals surface area contributed by atoms with Crippen LogP contribution < -0.4 is 5.32 Å². The minimum absolute atomic E-state index is 0.174. The van der Waals surface area contributed by atoms with E-state index in [2.05, 4.69) is 19.2 Å². The number of carbonyl (C=O) groups is 1. The molecule has 4 heteroatoms. The molecule has 2 rings (SSSR count). The van der Waals surface area contributed by atoms with Crippen molar-refractivity contribution in [1.82, 2.24) is 10.2 Å². The molecule has 110 valence electrons. The fourth-order valence-electron chi connectivity index (χ4n) is 3.16. The first kappa shape index (κ1) is 14.8. The smallest absolute Gasteiger partial charge is 0.248 e. The van der Waals surface area contributed by atoms with Gasteiger partial charge in [0.2, 0.25) is 5.91 Å².